The molecule has 2 aromatic rings. The van der Waals surface area contributed by atoms with Gasteiger partial charge in [-0.15, -0.1) is 23.5 Å². The number of fused-ring (bicyclic) bond motifs is 4. The Morgan fingerprint density at radius 3 is 2.48 bits per heavy atom. The van der Waals surface area contributed by atoms with Gasteiger partial charge in [-0.2, -0.15) is 0 Å². The number of hydrogen-bond acceptors (Lipinski definition) is 4. The summed E-state index contributed by atoms with van der Waals surface area (Å²) in [4.78, 5) is 2.30. The van der Waals surface area contributed by atoms with Crippen LogP contribution in [0, 0.1) is 0 Å². The first-order valence-corrected chi connectivity index (χ1v) is 9.03. The van der Waals surface area contributed by atoms with E-state index in [9.17, 15) is 0 Å². The van der Waals surface area contributed by atoms with Crippen LogP contribution >= 0.6 is 23.5 Å². The zero-order valence-electron chi connectivity index (χ0n) is 12.1. The molecule has 2 nitrogen and oxygen atoms in total. The molecular formula is C17H17NOS2. The minimum Gasteiger partial charge on any atom is -0.497 e. The number of para-hydroxylation sites is 1. The molecule has 2 aliphatic rings. The zero-order chi connectivity index (χ0) is 14.4. The van der Waals surface area contributed by atoms with Crippen LogP contribution in [0.1, 0.15) is 11.1 Å². The maximum absolute atomic E-state index is 5.47. The number of thioether (sulfide) groups is 2. The summed E-state index contributed by atoms with van der Waals surface area (Å²) in [6.45, 7) is 0. The van der Waals surface area contributed by atoms with E-state index in [2.05, 4.69) is 77.9 Å². The van der Waals surface area contributed by atoms with Crippen molar-refractivity contribution in [3.63, 3.8) is 0 Å². The molecule has 1 fully saturated rings. The van der Waals surface area contributed by atoms with Gasteiger partial charge in [0.15, 0.2) is 0 Å². The second-order valence-corrected chi connectivity index (χ2v) is 8.15. The van der Waals surface area contributed by atoms with Crippen molar-refractivity contribution in [3.8, 4) is 5.75 Å². The highest BCUT2D eigenvalue weighted by atomic mass is 32.2. The van der Waals surface area contributed by atoms with Gasteiger partial charge in [-0.1, -0.05) is 18.2 Å². The van der Waals surface area contributed by atoms with Crippen molar-refractivity contribution in [2.45, 2.75) is 4.08 Å². The van der Waals surface area contributed by atoms with Crippen molar-refractivity contribution in [1.29, 1.82) is 0 Å². The average Bonchev–Trinajstić information content (AvgIpc) is 3.03. The second kappa shape index (κ2) is 4.89. The summed E-state index contributed by atoms with van der Waals surface area (Å²) in [6, 6.07) is 15.2. The number of nitrogens with zero attached hydrogens (tertiary/aromatic N) is 1. The van der Waals surface area contributed by atoms with Crippen LogP contribution in [0.25, 0.3) is 0 Å². The number of methoxy groups -OCH3 is 1. The first-order chi connectivity index (χ1) is 10.3. The Hall–Kier alpha value is -1.26. The highest BCUT2D eigenvalue weighted by Crippen LogP contribution is 2.63. The van der Waals surface area contributed by atoms with Crippen molar-refractivity contribution in [1.82, 2.24) is 0 Å². The van der Waals surface area contributed by atoms with Gasteiger partial charge in [0.2, 0.25) is 0 Å². The summed E-state index contributed by atoms with van der Waals surface area (Å²) >= 11 is 4.11. The lowest BCUT2D eigenvalue weighted by molar-refractivity contribution is 0.414. The van der Waals surface area contributed by atoms with Gasteiger partial charge in [-0.05, 0) is 24.3 Å². The van der Waals surface area contributed by atoms with Crippen LogP contribution in [-0.4, -0.2) is 25.7 Å². The fourth-order valence-corrected chi connectivity index (χ4v) is 6.61. The molecule has 4 heteroatoms. The Morgan fingerprint density at radius 2 is 1.71 bits per heavy atom. The number of anilines is 2. The predicted molar refractivity (Wildman–Crippen MR) is 93.2 cm³/mol. The SMILES string of the molecule is COc1ccc2c(c1)C1(SCCS1)c1ccccc1N2C. The van der Waals surface area contributed by atoms with Gasteiger partial charge in [0.1, 0.15) is 9.83 Å². The molecule has 21 heavy (non-hydrogen) atoms. The molecule has 1 saturated heterocycles. The Morgan fingerprint density at radius 1 is 1.00 bits per heavy atom. The van der Waals surface area contributed by atoms with E-state index in [0.717, 1.165) is 5.75 Å². The van der Waals surface area contributed by atoms with Crippen LogP contribution in [0.4, 0.5) is 11.4 Å². The van der Waals surface area contributed by atoms with Crippen molar-refractivity contribution in [3.05, 3.63) is 53.6 Å². The summed E-state index contributed by atoms with van der Waals surface area (Å²) in [7, 11) is 3.89. The number of benzene rings is 2. The third-order valence-corrected chi connectivity index (χ3v) is 7.71. The van der Waals surface area contributed by atoms with E-state index in [-0.39, 0.29) is 4.08 Å². The van der Waals surface area contributed by atoms with E-state index in [1.165, 1.54) is 34.0 Å². The molecule has 2 aromatic carbocycles. The summed E-state index contributed by atoms with van der Waals surface area (Å²) < 4.78 is 5.49. The molecule has 0 saturated carbocycles. The number of ether oxygens (including phenoxy) is 1. The average molecular weight is 315 g/mol. The van der Waals surface area contributed by atoms with Crippen LogP contribution in [0.15, 0.2) is 42.5 Å². The first-order valence-electron chi connectivity index (χ1n) is 7.06. The van der Waals surface area contributed by atoms with Gasteiger partial charge in [0.05, 0.1) is 7.11 Å². The van der Waals surface area contributed by atoms with Crippen LogP contribution < -0.4 is 9.64 Å². The fourth-order valence-electron chi connectivity index (χ4n) is 3.24. The quantitative estimate of drug-likeness (QED) is 0.770. The van der Waals surface area contributed by atoms with Crippen LogP contribution in [0.5, 0.6) is 5.75 Å². The molecule has 4 rings (SSSR count). The lowest BCUT2D eigenvalue weighted by Crippen LogP contribution is -2.29. The van der Waals surface area contributed by atoms with Gasteiger partial charge < -0.3 is 9.64 Å². The van der Waals surface area contributed by atoms with Crippen molar-refractivity contribution < 1.29 is 4.74 Å². The third kappa shape index (κ3) is 1.82. The van der Waals surface area contributed by atoms with Crippen molar-refractivity contribution in [2.24, 2.45) is 0 Å². The minimum absolute atomic E-state index is 0.0208. The third-order valence-electron chi connectivity index (χ3n) is 4.23. The molecule has 2 aliphatic heterocycles. The molecule has 108 valence electrons. The number of hydrogen-bond donors (Lipinski definition) is 0. The van der Waals surface area contributed by atoms with Crippen LogP contribution in [0.2, 0.25) is 0 Å². The smallest absolute Gasteiger partial charge is 0.119 e. The number of rotatable bonds is 1. The molecule has 2 heterocycles. The van der Waals surface area contributed by atoms with Gasteiger partial charge >= 0.3 is 0 Å². The highest BCUT2D eigenvalue weighted by molar-refractivity contribution is 8.20. The lowest BCUT2D eigenvalue weighted by atomic mass is 9.94. The molecule has 0 unspecified atom stereocenters. The summed E-state index contributed by atoms with van der Waals surface area (Å²) in [5.41, 5.74) is 5.39. The molecule has 0 amide bonds. The molecule has 1 spiro atoms. The monoisotopic (exact) mass is 315 g/mol. The normalized spacial score (nSPS) is 18.5. The summed E-state index contributed by atoms with van der Waals surface area (Å²) in [5, 5.41) is 0. The van der Waals surface area contributed by atoms with Crippen molar-refractivity contribution in [2.75, 3.05) is 30.6 Å². The lowest BCUT2D eigenvalue weighted by Gasteiger charge is -2.41. The minimum atomic E-state index is 0.0208. The zero-order valence-corrected chi connectivity index (χ0v) is 13.8. The maximum Gasteiger partial charge on any atom is 0.119 e. The largest absolute Gasteiger partial charge is 0.497 e. The van der Waals surface area contributed by atoms with Gasteiger partial charge in [-0.3, -0.25) is 0 Å². The van der Waals surface area contributed by atoms with E-state index in [1.807, 2.05) is 0 Å². The van der Waals surface area contributed by atoms with E-state index >= 15 is 0 Å². The first kappa shape index (κ1) is 13.4. The predicted octanol–water partition coefficient (Wildman–Crippen LogP) is 4.46. The summed E-state index contributed by atoms with van der Waals surface area (Å²) in [5.74, 6) is 3.33. The Labute approximate surface area is 133 Å². The Bertz CT molecular complexity index is 695. The van der Waals surface area contributed by atoms with E-state index in [0.29, 0.717) is 0 Å². The van der Waals surface area contributed by atoms with Gasteiger partial charge in [-0.25, -0.2) is 0 Å². The summed E-state index contributed by atoms with van der Waals surface area (Å²) in [6.07, 6.45) is 0. The van der Waals surface area contributed by atoms with Crippen LogP contribution in [0.3, 0.4) is 0 Å². The standard InChI is InChI=1S/C17H17NOS2/c1-18-15-6-4-3-5-13(15)17(20-9-10-21-17)14-11-12(19-2)7-8-16(14)18/h3-8,11H,9-10H2,1-2H3. The van der Waals surface area contributed by atoms with Gasteiger partial charge in [0, 0.05) is 41.1 Å². The molecule has 0 aromatic heterocycles. The maximum atomic E-state index is 5.47. The van der Waals surface area contributed by atoms with Gasteiger partial charge in [0.25, 0.3) is 0 Å². The van der Waals surface area contributed by atoms with E-state index in [4.69, 9.17) is 4.74 Å². The molecule has 0 radical (unpaired) electrons. The topological polar surface area (TPSA) is 12.5 Å². The molecule has 0 bridgehead atoms. The Kier molecular flexibility index (Phi) is 3.12. The van der Waals surface area contributed by atoms with Crippen LogP contribution in [-0.2, 0) is 4.08 Å². The van der Waals surface area contributed by atoms with E-state index < -0.39 is 0 Å². The molecular weight excluding hydrogens is 298 g/mol. The molecule has 0 N–H and O–H groups in total. The fraction of sp³-hybridized carbons (Fsp3) is 0.294. The highest BCUT2D eigenvalue weighted by Gasteiger charge is 2.46. The Balaban J connectivity index is 2.02. The second-order valence-electron chi connectivity index (χ2n) is 5.27. The van der Waals surface area contributed by atoms with E-state index in [1.54, 1.807) is 7.11 Å². The van der Waals surface area contributed by atoms with Crippen molar-refractivity contribution >= 4 is 34.9 Å². The molecule has 0 aliphatic carbocycles. The molecule has 0 atom stereocenters.